The number of carbonyl (C=O) groups is 2. The van der Waals surface area contributed by atoms with Crippen LogP contribution in [0.3, 0.4) is 0 Å². The molecule has 0 N–H and O–H groups in total. The first kappa shape index (κ1) is 24.0. The monoisotopic (exact) mass is 416 g/mol. The van der Waals surface area contributed by atoms with E-state index in [1.54, 1.807) is 0 Å². The van der Waals surface area contributed by atoms with Crippen molar-refractivity contribution < 1.29 is 9.59 Å². The van der Waals surface area contributed by atoms with E-state index in [1.165, 1.54) is 96.3 Å². The van der Waals surface area contributed by atoms with Crippen LogP contribution in [0.15, 0.2) is 0 Å². The molecule has 30 heavy (non-hydrogen) atoms. The summed E-state index contributed by atoms with van der Waals surface area (Å²) in [5.41, 5.74) is 0. The van der Waals surface area contributed by atoms with E-state index in [2.05, 4.69) is 13.8 Å². The van der Waals surface area contributed by atoms with Crippen molar-refractivity contribution >= 4 is 11.6 Å². The zero-order valence-corrected chi connectivity index (χ0v) is 20.0. The van der Waals surface area contributed by atoms with E-state index in [0.717, 1.165) is 18.8 Å². The van der Waals surface area contributed by atoms with Gasteiger partial charge >= 0.3 is 0 Å². The summed E-state index contributed by atoms with van der Waals surface area (Å²) in [6, 6.07) is 0. The summed E-state index contributed by atoms with van der Waals surface area (Å²) in [7, 11) is 0. The van der Waals surface area contributed by atoms with Crippen molar-refractivity contribution in [3.8, 4) is 0 Å². The SMILES string of the molecule is CCCCCC1CCC(C(=O)C(C2CCCCC2)C2CCC(CCC)CC2)C(=O)C1. The molecule has 3 atom stereocenters. The molecule has 0 saturated heterocycles. The van der Waals surface area contributed by atoms with Gasteiger partial charge < -0.3 is 0 Å². The van der Waals surface area contributed by atoms with Gasteiger partial charge in [0.2, 0.25) is 0 Å². The minimum Gasteiger partial charge on any atom is -0.299 e. The van der Waals surface area contributed by atoms with E-state index in [0.29, 0.717) is 35.7 Å². The first-order chi connectivity index (χ1) is 14.6. The predicted molar refractivity (Wildman–Crippen MR) is 125 cm³/mol. The van der Waals surface area contributed by atoms with Crippen LogP contribution in [0.2, 0.25) is 0 Å². The highest BCUT2D eigenvalue weighted by Gasteiger charge is 2.43. The highest BCUT2D eigenvalue weighted by Crippen LogP contribution is 2.45. The van der Waals surface area contributed by atoms with Crippen LogP contribution in [0, 0.1) is 35.5 Å². The normalized spacial score (nSPS) is 32.1. The Morgan fingerprint density at radius 3 is 2.07 bits per heavy atom. The van der Waals surface area contributed by atoms with Crippen LogP contribution in [0.25, 0.3) is 0 Å². The van der Waals surface area contributed by atoms with E-state index in [1.807, 2.05) is 0 Å². The van der Waals surface area contributed by atoms with Gasteiger partial charge in [-0.25, -0.2) is 0 Å². The molecule has 0 spiro atoms. The summed E-state index contributed by atoms with van der Waals surface area (Å²) in [4.78, 5) is 26.9. The molecule has 0 radical (unpaired) electrons. The van der Waals surface area contributed by atoms with Crippen LogP contribution in [-0.4, -0.2) is 11.6 Å². The Labute approximate surface area is 186 Å². The Balaban J connectivity index is 1.63. The molecule has 3 fully saturated rings. The van der Waals surface area contributed by atoms with Gasteiger partial charge in [-0.05, 0) is 62.2 Å². The summed E-state index contributed by atoms with van der Waals surface area (Å²) in [5.74, 6) is 3.18. The van der Waals surface area contributed by atoms with E-state index in [4.69, 9.17) is 0 Å². The number of carbonyl (C=O) groups excluding carboxylic acids is 2. The standard InChI is InChI=1S/C28H48O2/c1-3-5-7-11-22-16-19-25(26(29)20-22)28(30)27(23-12-8-6-9-13-23)24-17-14-21(10-4-2)15-18-24/h21-25,27H,3-20H2,1-2H3. The number of Topliss-reactive ketones (excluding diaryl/α,β-unsaturated/α-hetero) is 2. The van der Waals surface area contributed by atoms with Crippen LogP contribution >= 0.6 is 0 Å². The van der Waals surface area contributed by atoms with Crippen LogP contribution in [-0.2, 0) is 9.59 Å². The Morgan fingerprint density at radius 2 is 1.43 bits per heavy atom. The van der Waals surface area contributed by atoms with Crippen molar-refractivity contribution in [3.63, 3.8) is 0 Å². The van der Waals surface area contributed by atoms with Crippen molar-refractivity contribution in [1.29, 1.82) is 0 Å². The van der Waals surface area contributed by atoms with E-state index in [-0.39, 0.29) is 11.8 Å². The summed E-state index contributed by atoms with van der Waals surface area (Å²) in [6.45, 7) is 4.53. The molecule has 2 nitrogen and oxygen atoms in total. The van der Waals surface area contributed by atoms with Gasteiger partial charge in [-0.2, -0.15) is 0 Å². The second-order valence-electron chi connectivity index (χ2n) is 11.1. The lowest BCUT2D eigenvalue weighted by molar-refractivity contribution is -0.141. The maximum absolute atomic E-state index is 13.9. The molecule has 0 heterocycles. The highest BCUT2D eigenvalue weighted by atomic mass is 16.2. The largest absolute Gasteiger partial charge is 0.299 e. The first-order valence-electron chi connectivity index (χ1n) is 13.7. The third-order valence-electron chi connectivity index (χ3n) is 8.88. The van der Waals surface area contributed by atoms with Gasteiger partial charge in [0.05, 0.1) is 5.92 Å². The Hall–Kier alpha value is -0.660. The molecule has 0 amide bonds. The fourth-order valence-corrected chi connectivity index (χ4v) is 7.14. The van der Waals surface area contributed by atoms with Crippen molar-refractivity contribution in [2.75, 3.05) is 0 Å². The average molecular weight is 417 g/mol. The van der Waals surface area contributed by atoms with Crippen LogP contribution in [0.4, 0.5) is 0 Å². The second-order valence-corrected chi connectivity index (χ2v) is 11.1. The number of ketones is 2. The van der Waals surface area contributed by atoms with Crippen molar-refractivity contribution in [3.05, 3.63) is 0 Å². The lowest BCUT2D eigenvalue weighted by Gasteiger charge is -2.40. The van der Waals surface area contributed by atoms with Gasteiger partial charge in [-0.15, -0.1) is 0 Å². The number of rotatable bonds is 10. The van der Waals surface area contributed by atoms with Crippen LogP contribution in [0.1, 0.15) is 129 Å². The average Bonchev–Trinajstić information content (AvgIpc) is 2.76. The van der Waals surface area contributed by atoms with E-state index >= 15 is 0 Å². The lowest BCUT2D eigenvalue weighted by Crippen LogP contribution is -2.42. The quantitative estimate of drug-likeness (QED) is 0.268. The number of hydrogen-bond donors (Lipinski definition) is 0. The molecule has 2 heteroatoms. The first-order valence-corrected chi connectivity index (χ1v) is 13.7. The number of hydrogen-bond acceptors (Lipinski definition) is 2. The third kappa shape index (κ3) is 6.42. The molecule has 3 aliphatic rings. The molecular formula is C28H48O2. The van der Waals surface area contributed by atoms with Crippen LogP contribution < -0.4 is 0 Å². The smallest absolute Gasteiger partial charge is 0.146 e. The molecular weight excluding hydrogens is 368 g/mol. The third-order valence-corrected chi connectivity index (χ3v) is 8.88. The molecule has 3 aliphatic carbocycles. The predicted octanol–water partition coefficient (Wildman–Crippen LogP) is 7.92. The summed E-state index contributed by atoms with van der Waals surface area (Å²) in [6.07, 6.45) is 21.7. The van der Waals surface area contributed by atoms with Gasteiger partial charge in [0.15, 0.2) is 0 Å². The van der Waals surface area contributed by atoms with Crippen molar-refractivity contribution in [2.24, 2.45) is 35.5 Å². The lowest BCUT2D eigenvalue weighted by atomic mass is 9.63. The molecule has 0 bridgehead atoms. The zero-order valence-electron chi connectivity index (χ0n) is 20.0. The Morgan fingerprint density at radius 1 is 0.767 bits per heavy atom. The maximum Gasteiger partial charge on any atom is 0.146 e. The van der Waals surface area contributed by atoms with Crippen LogP contribution in [0.5, 0.6) is 0 Å². The molecule has 0 aliphatic heterocycles. The molecule has 0 aromatic carbocycles. The topological polar surface area (TPSA) is 34.1 Å². The van der Waals surface area contributed by atoms with Gasteiger partial charge in [0.1, 0.15) is 11.6 Å². The Kier molecular flexibility index (Phi) is 9.91. The minimum atomic E-state index is -0.257. The highest BCUT2D eigenvalue weighted by molar-refractivity contribution is 6.04. The van der Waals surface area contributed by atoms with Crippen molar-refractivity contribution in [2.45, 2.75) is 129 Å². The summed E-state index contributed by atoms with van der Waals surface area (Å²) < 4.78 is 0. The molecule has 3 unspecified atom stereocenters. The summed E-state index contributed by atoms with van der Waals surface area (Å²) >= 11 is 0. The van der Waals surface area contributed by atoms with Gasteiger partial charge in [-0.1, -0.05) is 84.5 Å². The second kappa shape index (κ2) is 12.4. The van der Waals surface area contributed by atoms with Crippen molar-refractivity contribution in [1.82, 2.24) is 0 Å². The minimum absolute atomic E-state index is 0.193. The van der Waals surface area contributed by atoms with Gasteiger partial charge in [0, 0.05) is 12.3 Å². The fraction of sp³-hybridized carbons (Fsp3) is 0.929. The fourth-order valence-electron chi connectivity index (χ4n) is 7.14. The molecule has 0 aromatic rings. The van der Waals surface area contributed by atoms with Gasteiger partial charge in [-0.3, -0.25) is 9.59 Å². The maximum atomic E-state index is 13.9. The molecule has 3 saturated carbocycles. The molecule has 172 valence electrons. The van der Waals surface area contributed by atoms with Gasteiger partial charge in [0.25, 0.3) is 0 Å². The molecule has 0 aromatic heterocycles. The van der Waals surface area contributed by atoms with E-state index < -0.39 is 0 Å². The van der Waals surface area contributed by atoms with E-state index in [9.17, 15) is 9.59 Å². The number of unbranched alkanes of at least 4 members (excludes halogenated alkanes) is 2. The zero-order chi connectivity index (χ0) is 21.3. The Bertz CT molecular complexity index is 525. The molecule has 3 rings (SSSR count). The summed E-state index contributed by atoms with van der Waals surface area (Å²) in [5, 5.41) is 0.